The van der Waals surface area contributed by atoms with E-state index < -0.39 is 0 Å². The molecule has 2 aromatic carbocycles. The van der Waals surface area contributed by atoms with E-state index in [-0.39, 0.29) is 5.91 Å². The lowest BCUT2D eigenvalue weighted by atomic mass is 10.1. The lowest BCUT2D eigenvalue weighted by molar-refractivity contribution is 0.0946. The van der Waals surface area contributed by atoms with Gasteiger partial charge in [-0.25, -0.2) is 4.98 Å². The van der Waals surface area contributed by atoms with Gasteiger partial charge in [-0.2, -0.15) is 0 Å². The first kappa shape index (κ1) is 20.8. The number of pyridine rings is 1. The van der Waals surface area contributed by atoms with Crippen LogP contribution in [0.1, 0.15) is 32.7 Å². The summed E-state index contributed by atoms with van der Waals surface area (Å²) in [5.41, 5.74) is 6.01. The van der Waals surface area contributed by atoms with Gasteiger partial charge in [-0.15, -0.1) is 11.3 Å². The van der Waals surface area contributed by atoms with Crippen LogP contribution in [0.5, 0.6) is 5.75 Å². The molecule has 156 valence electrons. The van der Waals surface area contributed by atoms with Crippen LogP contribution in [-0.2, 0) is 13.2 Å². The Kier molecular flexibility index (Phi) is 6.38. The van der Waals surface area contributed by atoms with Gasteiger partial charge >= 0.3 is 0 Å². The third-order valence-corrected chi connectivity index (χ3v) is 5.83. The molecule has 5 nitrogen and oxygen atoms in total. The van der Waals surface area contributed by atoms with Crippen molar-refractivity contribution >= 4 is 17.2 Å². The van der Waals surface area contributed by atoms with Gasteiger partial charge in [0.25, 0.3) is 5.91 Å². The molecule has 1 N–H and O–H groups in total. The van der Waals surface area contributed by atoms with Crippen molar-refractivity contribution < 1.29 is 9.53 Å². The van der Waals surface area contributed by atoms with E-state index in [2.05, 4.69) is 47.3 Å². The van der Waals surface area contributed by atoms with E-state index in [0.717, 1.165) is 21.9 Å². The summed E-state index contributed by atoms with van der Waals surface area (Å²) < 4.78 is 5.95. The van der Waals surface area contributed by atoms with Crippen molar-refractivity contribution in [2.24, 2.45) is 0 Å². The van der Waals surface area contributed by atoms with Crippen molar-refractivity contribution in [1.82, 2.24) is 15.3 Å². The smallest absolute Gasteiger partial charge is 0.271 e. The van der Waals surface area contributed by atoms with Crippen molar-refractivity contribution in [2.75, 3.05) is 0 Å². The molecule has 2 heterocycles. The number of benzene rings is 2. The van der Waals surface area contributed by atoms with Crippen LogP contribution in [-0.4, -0.2) is 15.9 Å². The van der Waals surface area contributed by atoms with Crippen molar-refractivity contribution in [3.63, 3.8) is 0 Å². The van der Waals surface area contributed by atoms with E-state index in [9.17, 15) is 4.79 Å². The highest BCUT2D eigenvalue weighted by atomic mass is 32.1. The van der Waals surface area contributed by atoms with Crippen LogP contribution in [0, 0.1) is 13.8 Å². The molecule has 0 unspecified atom stereocenters. The Morgan fingerprint density at radius 2 is 1.81 bits per heavy atom. The number of nitrogens with zero attached hydrogens (tertiary/aromatic N) is 2. The molecule has 31 heavy (non-hydrogen) atoms. The highest BCUT2D eigenvalue weighted by Crippen LogP contribution is 2.26. The van der Waals surface area contributed by atoms with Gasteiger partial charge in [-0.1, -0.05) is 23.8 Å². The van der Waals surface area contributed by atoms with Gasteiger partial charge in [-0.05, 0) is 66.9 Å². The molecular formula is C25H23N3O2S. The Hall–Kier alpha value is -3.51. The van der Waals surface area contributed by atoms with E-state index >= 15 is 0 Å². The number of thiazole rings is 1. The Morgan fingerprint density at radius 3 is 2.58 bits per heavy atom. The van der Waals surface area contributed by atoms with Crippen molar-refractivity contribution in [1.29, 1.82) is 0 Å². The molecule has 0 saturated heterocycles. The molecule has 0 radical (unpaired) electrons. The van der Waals surface area contributed by atoms with E-state index in [0.29, 0.717) is 18.8 Å². The maximum absolute atomic E-state index is 12.4. The normalized spacial score (nSPS) is 10.6. The largest absolute Gasteiger partial charge is 0.489 e. The van der Waals surface area contributed by atoms with Crippen LogP contribution in [0.2, 0.25) is 0 Å². The van der Waals surface area contributed by atoms with E-state index in [4.69, 9.17) is 4.74 Å². The second-order valence-electron chi connectivity index (χ2n) is 7.32. The summed E-state index contributed by atoms with van der Waals surface area (Å²) in [6.45, 7) is 5.15. The first-order chi connectivity index (χ1) is 15.1. The van der Waals surface area contributed by atoms with Crippen LogP contribution >= 0.6 is 11.3 Å². The van der Waals surface area contributed by atoms with Gasteiger partial charge in [-0.3, -0.25) is 9.78 Å². The topological polar surface area (TPSA) is 64.1 Å². The Balaban J connectivity index is 1.36. The first-order valence-electron chi connectivity index (χ1n) is 10.0. The maximum Gasteiger partial charge on any atom is 0.271 e. The summed E-state index contributed by atoms with van der Waals surface area (Å²) in [5, 5.41) is 5.47. The minimum absolute atomic E-state index is 0.187. The number of amides is 1. The average molecular weight is 430 g/mol. The van der Waals surface area contributed by atoms with Crippen LogP contribution in [0.15, 0.2) is 72.4 Å². The van der Waals surface area contributed by atoms with Crippen molar-refractivity contribution in [3.8, 4) is 16.3 Å². The van der Waals surface area contributed by atoms with Gasteiger partial charge in [0, 0.05) is 29.9 Å². The Labute approximate surface area is 185 Å². The molecule has 0 aliphatic rings. The molecule has 0 bridgehead atoms. The quantitative estimate of drug-likeness (QED) is 0.431. The lowest BCUT2D eigenvalue weighted by Crippen LogP contribution is -2.23. The molecule has 4 aromatic rings. The van der Waals surface area contributed by atoms with Gasteiger partial charge in [0.15, 0.2) is 0 Å². The third kappa shape index (κ3) is 5.35. The maximum atomic E-state index is 12.4. The number of aryl methyl sites for hydroxylation is 2. The summed E-state index contributed by atoms with van der Waals surface area (Å²) in [6.07, 6.45) is 3.41. The van der Waals surface area contributed by atoms with Crippen LogP contribution in [0.4, 0.5) is 0 Å². The number of hydrogen-bond donors (Lipinski definition) is 1. The minimum atomic E-state index is -0.187. The van der Waals surface area contributed by atoms with E-state index in [1.807, 2.05) is 36.4 Å². The van der Waals surface area contributed by atoms with Crippen LogP contribution in [0.25, 0.3) is 10.6 Å². The number of hydrogen-bond acceptors (Lipinski definition) is 5. The standard InChI is InChI=1S/C25H23N3O2S/c1-17-3-4-18(2)21(13-17)15-30-22-7-5-20(6-8-22)25-28-23(16-31-25)24(29)27-14-19-9-11-26-12-10-19/h3-13,16H,14-15H2,1-2H3,(H,27,29). The molecular weight excluding hydrogens is 406 g/mol. The van der Waals surface area contributed by atoms with Crippen molar-refractivity contribution in [3.05, 3.63) is 100 Å². The van der Waals surface area contributed by atoms with E-state index in [1.165, 1.54) is 28.0 Å². The summed E-state index contributed by atoms with van der Waals surface area (Å²) in [7, 11) is 0. The predicted octanol–water partition coefficient (Wildman–Crippen LogP) is 5.33. The molecule has 2 aromatic heterocycles. The molecule has 0 aliphatic carbocycles. The fourth-order valence-corrected chi connectivity index (χ4v) is 3.90. The van der Waals surface area contributed by atoms with E-state index in [1.54, 1.807) is 17.8 Å². The Morgan fingerprint density at radius 1 is 1.03 bits per heavy atom. The lowest BCUT2D eigenvalue weighted by Gasteiger charge is -2.10. The molecule has 0 spiro atoms. The number of ether oxygens (including phenoxy) is 1. The van der Waals surface area contributed by atoms with Gasteiger partial charge < -0.3 is 10.1 Å². The number of rotatable bonds is 7. The highest BCUT2D eigenvalue weighted by Gasteiger charge is 2.12. The fraction of sp³-hybridized carbons (Fsp3) is 0.160. The third-order valence-electron chi connectivity index (χ3n) is 4.94. The Bertz CT molecular complexity index is 1170. The molecule has 0 atom stereocenters. The second kappa shape index (κ2) is 9.53. The number of aromatic nitrogens is 2. The SMILES string of the molecule is Cc1ccc(C)c(COc2ccc(-c3nc(C(=O)NCc4ccncc4)cs3)cc2)c1. The zero-order chi connectivity index (χ0) is 21.6. The van der Waals surface area contributed by atoms with Gasteiger partial charge in [0.2, 0.25) is 0 Å². The number of carbonyl (C=O) groups is 1. The second-order valence-corrected chi connectivity index (χ2v) is 8.18. The molecule has 0 aliphatic heterocycles. The van der Waals surface area contributed by atoms with Crippen LogP contribution in [0.3, 0.4) is 0 Å². The molecule has 0 saturated carbocycles. The summed E-state index contributed by atoms with van der Waals surface area (Å²) in [5.74, 6) is 0.615. The van der Waals surface area contributed by atoms with Gasteiger partial charge in [0.1, 0.15) is 23.1 Å². The molecule has 6 heteroatoms. The molecule has 4 rings (SSSR count). The summed E-state index contributed by atoms with van der Waals surface area (Å²) in [6, 6.07) is 17.9. The predicted molar refractivity (Wildman–Crippen MR) is 123 cm³/mol. The monoisotopic (exact) mass is 429 g/mol. The minimum Gasteiger partial charge on any atom is -0.489 e. The zero-order valence-electron chi connectivity index (χ0n) is 17.5. The summed E-state index contributed by atoms with van der Waals surface area (Å²) in [4.78, 5) is 20.9. The van der Waals surface area contributed by atoms with Crippen molar-refractivity contribution in [2.45, 2.75) is 27.0 Å². The summed E-state index contributed by atoms with van der Waals surface area (Å²) >= 11 is 1.45. The fourth-order valence-electron chi connectivity index (χ4n) is 3.09. The number of nitrogens with one attached hydrogen (secondary N) is 1. The highest BCUT2D eigenvalue weighted by molar-refractivity contribution is 7.13. The van der Waals surface area contributed by atoms with Crippen LogP contribution < -0.4 is 10.1 Å². The molecule has 1 amide bonds. The average Bonchev–Trinajstić information content (AvgIpc) is 3.29. The number of carbonyl (C=O) groups excluding carboxylic acids is 1. The zero-order valence-corrected chi connectivity index (χ0v) is 18.3. The first-order valence-corrected chi connectivity index (χ1v) is 10.9. The van der Waals surface area contributed by atoms with Gasteiger partial charge in [0.05, 0.1) is 0 Å². The molecule has 0 fully saturated rings.